The van der Waals surface area contributed by atoms with Crippen LogP contribution in [0.2, 0.25) is 0 Å². The second kappa shape index (κ2) is 12.6. The third kappa shape index (κ3) is 5.76. The first-order valence-corrected chi connectivity index (χ1v) is 14.5. The van der Waals surface area contributed by atoms with Crippen LogP contribution in [0.5, 0.6) is 5.75 Å². The smallest absolute Gasteiger partial charge is 0.308 e. The van der Waals surface area contributed by atoms with Gasteiger partial charge in [0.05, 0.1) is 23.6 Å². The molecule has 0 fully saturated rings. The molecule has 6 atom stereocenters. The lowest BCUT2D eigenvalue weighted by Crippen LogP contribution is -2.70. The van der Waals surface area contributed by atoms with Crippen LogP contribution >= 0.6 is 0 Å². The summed E-state index contributed by atoms with van der Waals surface area (Å²) in [6.45, 7) is 6.61. The average Bonchev–Trinajstić information content (AvgIpc) is 2.92. The second-order valence-electron chi connectivity index (χ2n) is 11.7. The highest BCUT2D eigenvalue weighted by atomic mass is 16.6. The van der Waals surface area contributed by atoms with Crippen LogP contribution in [0.1, 0.15) is 63.4 Å². The summed E-state index contributed by atoms with van der Waals surface area (Å²) in [7, 11) is 2.91. The van der Waals surface area contributed by atoms with E-state index in [1.54, 1.807) is 13.0 Å². The highest BCUT2D eigenvalue weighted by Gasteiger charge is 2.71. The van der Waals surface area contributed by atoms with E-state index in [0.29, 0.717) is 5.56 Å². The number of aliphatic hydroxyl groups is 1. The van der Waals surface area contributed by atoms with Gasteiger partial charge in [-0.25, -0.2) is 0 Å². The summed E-state index contributed by atoms with van der Waals surface area (Å²) in [5.74, 6) is -13.8. The maximum Gasteiger partial charge on any atom is 0.308 e. The van der Waals surface area contributed by atoms with Gasteiger partial charge in [-0.1, -0.05) is 19.1 Å². The van der Waals surface area contributed by atoms with Crippen molar-refractivity contribution in [3.63, 3.8) is 0 Å². The quantitative estimate of drug-likeness (QED) is 0.187. The minimum atomic E-state index is -2.89. The van der Waals surface area contributed by atoms with E-state index in [1.165, 1.54) is 31.1 Å². The fourth-order valence-corrected chi connectivity index (χ4v) is 6.87. The summed E-state index contributed by atoms with van der Waals surface area (Å²) < 4.78 is 22.1. The van der Waals surface area contributed by atoms with Gasteiger partial charge in [0.1, 0.15) is 17.1 Å². The van der Waals surface area contributed by atoms with Gasteiger partial charge in [-0.15, -0.1) is 0 Å². The number of Topliss-reactive ketones (excluding diaryl/α,β-unsaturated/α-hetero) is 2. The van der Waals surface area contributed by atoms with Crippen LogP contribution in [0.15, 0.2) is 40.9 Å². The van der Waals surface area contributed by atoms with Crippen molar-refractivity contribution in [1.29, 1.82) is 0 Å². The van der Waals surface area contributed by atoms with Gasteiger partial charge in [-0.3, -0.25) is 48.6 Å². The molecule has 3 aliphatic carbocycles. The summed E-state index contributed by atoms with van der Waals surface area (Å²) >= 11 is 0. The number of fused-ring (bicyclic) bond motifs is 3. The number of nitrogens with zero attached hydrogens (tertiary/aromatic N) is 1. The molecule has 0 bridgehead atoms. The molecule has 250 valence electrons. The number of nitrogens with one attached hydrogen (secondary N) is 1. The minimum absolute atomic E-state index is 0.132. The molecule has 0 heterocycles. The molecule has 0 saturated carbocycles. The number of carbonyl (C=O) groups excluding carboxylic acids is 8. The average molecular weight is 655 g/mol. The third-order valence-corrected chi connectivity index (χ3v) is 8.23. The Balaban J connectivity index is 2.23. The number of hydrogen-bond donors (Lipinski definition) is 2. The van der Waals surface area contributed by atoms with Gasteiger partial charge in [0.2, 0.25) is 17.3 Å². The molecule has 0 saturated heterocycles. The summed E-state index contributed by atoms with van der Waals surface area (Å²) in [6.07, 6.45) is -1.78. The molecule has 47 heavy (non-hydrogen) atoms. The standard InChI is InChI=1S/C32H34N2O13/c1-12-18-10-9-11-19(44-14(3)36)21(18)26(40)22-20(12)27(41)24-25(34(7)8)28(45-15(4)37)23(31(43)33-13(2)35)29(42)32(24,47-17(6)39)30(22)46-16(5)38/h9-12,20,24-25,27,41H,1-8H3,(H,33,35,43)/t12-,20+,24+,25-,27-,32+/m0/s1. The molecule has 0 aromatic heterocycles. The summed E-state index contributed by atoms with van der Waals surface area (Å²) in [5, 5.41) is 14.3. The van der Waals surface area contributed by atoms with Crippen molar-refractivity contribution in [2.75, 3.05) is 14.1 Å². The van der Waals surface area contributed by atoms with Gasteiger partial charge < -0.3 is 24.1 Å². The van der Waals surface area contributed by atoms with E-state index in [0.717, 1.165) is 34.6 Å². The monoisotopic (exact) mass is 654 g/mol. The fraction of sp³-hybridized carbons (Fsp3) is 0.438. The van der Waals surface area contributed by atoms with E-state index in [2.05, 4.69) is 0 Å². The summed E-state index contributed by atoms with van der Waals surface area (Å²) in [6, 6.07) is 3.03. The van der Waals surface area contributed by atoms with Crippen LogP contribution in [-0.2, 0) is 47.8 Å². The van der Waals surface area contributed by atoms with E-state index in [9.17, 15) is 43.5 Å². The number of ether oxygens (including phenoxy) is 4. The van der Waals surface area contributed by atoms with Crippen LogP contribution < -0.4 is 10.1 Å². The first-order chi connectivity index (χ1) is 21.9. The predicted molar refractivity (Wildman–Crippen MR) is 157 cm³/mol. The van der Waals surface area contributed by atoms with Crippen molar-refractivity contribution in [2.45, 2.75) is 65.2 Å². The zero-order chi connectivity index (χ0) is 35.3. The summed E-state index contributed by atoms with van der Waals surface area (Å²) in [4.78, 5) is 106. The number of benzene rings is 1. The molecule has 4 rings (SSSR count). The number of likely N-dealkylation sites (N-methyl/N-ethyl adjacent to an activating group) is 1. The van der Waals surface area contributed by atoms with E-state index in [1.807, 2.05) is 5.32 Å². The van der Waals surface area contributed by atoms with Crippen LogP contribution in [0.3, 0.4) is 0 Å². The van der Waals surface area contributed by atoms with E-state index in [-0.39, 0.29) is 11.3 Å². The van der Waals surface area contributed by atoms with E-state index < -0.39 is 105 Å². The van der Waals surface area contributed by atoms with Crippen molar-refractivity contribution in [3.05, 3.63) is 52.0 Å². The normalized spacial score (nSPS) is 26.5. The van der Waals surface area contributed by atoms with Crippen LogP contribution in [0.25, 0.3) is 0 Å². The molecule has 0 spiro atoms. The molecule has 3 aliphatic rings. The third-order valence-electron chi connectivity index (χ3n) is 8.23. The molecule has 0 aliphatic heterocycles. The van der Waals surface area contributed by atoms with Gasteiger partial charge in [0.15, 0.2) is 11.5 Å². The number of ketones is 2. The number of imide groups is 1. The highest BCUT2D eigenvalue weighted by molar-refractivity contribution is 6.28. The van der Waals surface area contributed by atoms with Gasteiger partial charge in [-0.05, 0) is 31.6 Å². The Hall–Kier alpha value is -5.02. The number of carbonyl (C=O) groups is 8. The first-order valence-electron chi connectivity index (χ1n) is 14.5. The Bertz CT molecular complexity index is 1700. The second-order valence-corrected chi connectivity index (χ2v) is 11.7. The van der Waals surface area contributed by atoms with Crippen LogP contribution in [0, 0.1) is 11.8 Å². The first kappa shape index (κ1) is 34.8. The highest BCUT2D eigenvalue weighted by Crippen LogP contribution is 2.58. The zero-order valence-corrected chi connectivity index (χ0v) is 26.9. The number of aliphatic hydroxyl groups excluding tert-OH is 1. The zero-order valence-electron chi connectivity index (χ0n) is 26.9. The Morgan fingerprint density at radius 3 is 1.98 bits per heavy atom. The van der Waals surface area contributed by atoms with Crippen molar-refractivity contribution >= 4 is 47.3 Å². The van der Waals surface area contributed by atoms with Crippen molar-refractivity contribution in [3.8, 4) is 5.75 Å². The maximum atomic E-state index is 14.8. The Morgan fingerprint density at radius 1 is 0.872 bits per heavy atom. The molecule has 0 radical (unpaired) electrons. The van der Waals surface area contributed by atoms with Gasteiger partial charge in [-0.2, -0.15) is 0 Å². The molecule has 2 N–H and O–H groups in total. The molecule has 15 heteroatoms. The summed E-state index contributed by atoms with van der Waals surface area (Å²) in [5.41, 5.74) is -4.08. The Morgan fingerprint density at radius 2 is 1.47 bits per heavy atom. The SMILES string of the molecule is CC(=O)NC(=O)C1=C(OC(C)=O)[C@@H](N(C)C)[C@@H]2[C@@H](O)[C@H]3C(=C(OC(C)=O)[C@]2(OC(C)=O)C1=O)C(=O)c1c(OC(C)=O)cccc1[C@@H]3C. The van der Waals surface area contributed by atoms with Gasteiger partial charge in [0.25, 0.3) is 5.91 Å². The lowest BCUT2D eigenvalue weighted by molar-refractivity contribution is -0.192. The minimum Gasteiger partial charge on any atom is -0.442 e. The number of esters is 4. The van der Waals surface area contributed by atoms with E-state index in [4.69, 9.17) is 18.9 Å². The largest absolute Gasteiger partial charge is 0.442 e. The van der Waals surface area contributed by atoms with Crippen LogP contribution in [-0.4, -0.2) is 89.1 Å². The fourth-order valence-electron chi connectivity index (χ4n) is 6.87. The maximum absolute atomic E-state index is 14.8. The van der Waals surface area contributed by atoms with Gasteiger partial charge in [0, 0.05) is 46.1 Å². The predicted octanol–water partition coefficient (Wildman–Crippen LogP) is 0.631. The Labute approximate surface area is 268 Å². The molecule has 2 amide bonds. The molecule has 1 aromatic carbocycles. The Kier molecular flexibility index (Phi) is 9.37. The number of amides is 2. The molecule has 1 aromatic rings. The van der Waals surface area contributed by atoms with Crippen molar-refractivity contribution in [1.82, 2.24) is 10.2 Å². The lowest BCUT2D eigenvalue weighted by Gasteiger charge is -2.55. The lowest BCUT2D eigenvalue weighted by atomic mass is 9.55. The van der Waals surface area contributed by atoms with Crippen LogP contribution in [0.4, 0.5) is 0 Å². The number of hydrogen-bond acceptors (Lipinski definition) is 14. The molecule has 15 nitrogen and oxygen atoms in total. The molecular weight excluding hydrogens is 620 g/mol. The molecule has 0 unspecified atom stereocenters. The molecular formula is C32H34N2O13. The number of rotatable bonds is 6. The van der Waals surface area contributed by atoms with E-state index >= 15 is 0 Å². The van der Waals surface area contributed by atoms with Crippen molar-refractivity contribution in [2.24, 2.45) is 11.8 Å². The topological polar surface area (TPSA) is 209 Å². The van der Waals surface area contributed by atoms with Gasteiger partial charge >= 0.3 is 23.9 Å². The van der Waals surface area contributed by atoms with Crippen molar-refractivity contribution < 1.29 is 62.4 Å².